The van der Waals surface area contributed by atoms with E-state index in [2.05, 4.69) is 59.7 Å². The maximum absolute atomic E-state index is 15.1. The number of rotatable bonds is 12. The van der Waals surface area contributed by atoms with Gasteiger partial charge < -0.3 is 43.7 Å². The Morgan fingerprint density at radius 2 is 1.77 bits per heavy atom. The molecule has 6 bridgehead atoms. The van der Waals surface area contributed by atoms with Crippen LogP contribution in [0.3, 0.4) is 0 Å². The average molecular weight is 1080 g/mol. The van der Waals surface area contributed by atoms with Crippen molar-refractivity contribution >= 4 is 52.5 Å². The van der Waals surface area contributed by atoms with Crippen molar-refractivity contribution in [2.75, 3.05) is 67.2 Å². The maximum atomic E-state index is 15.1. The number of hydrogen-bond donors (Lipinski definition) is 3. The lowest BCUT2D eigenvalue weighted by atomic mass is 9.83. The number of hydrazine groups is 1. The fourth-order valence-electron chi connectivity index (χ4n) is 12.6. The smallest absolute Gasteiger partial charge is 0.409 e. The van der Waals surface area contributed by atoms with Gasteiger partial charge in [0.05, 0.1) is 37.8 Å². The van der Waals surface area contributed by atoms with E-state index in [1.807, 2.05) is 55.6 Å². The van der Waals surface area contributed by atoms with E-state index in [4.69, 9.17) is 23.9 Å². The summed E-state index contributed by atoms with van der Waals surface area (Å²) in [6.07, 6.45) is 3.99. The molecule has 0 radical (unpaired) electrons. The molecule has 4 amide bonds. The third-order valence-electron chi connectivity index (χ3n) is 17.3. The number of phenols is 1. The molecule has 4 aromatic rings. The van der Waals surface area contributed by atoms with Crippen molar-refractivity contribution in [2.45, 2.75) is 109 Å². The Balaban J connectivity index is 1.04. The standard InChI is InChI=1S/C61H76N8O10/c1-10-35(3)53(65(7)58(73)55-48(33-78-55)38-15-13-12-14-16-38)56(71)63-49-25-37-23-40(26-43(70)24-37)39-17-18-50-45(27-39)47(30-61(5,6)34-79-59(74)52-44-28-41(44)32-69(64-52)57(49)72)54(68(50)11-2)46-29-42(31-62-51(46)36(4)76-8)66-19-21-67(22-20-66)60(75)77-9/h10,12-18,23-24,26-27,31,35-36,41-42,44,48-49,52-53,55,64,70H,1,11,19-22,25,28-30,32-34H2,2-9H3,(H,63,71)/t35-,36+,41?,42?,44+,48-,49+,52+,53+,55-/m1/s1. The van der Waals surface area contributed by atoms with Crippen molar-refractivity contribution in [3.63, 3.8) is 0 Å². The second kappa shape index (κ2) is 22.7. The highest BCUT2D eigenvalue weighted by Crippen LogP contribution is 2.46. The Hall–Kier alpha value is -6.86. The predicted octanol–water partition coefficient (Wildman–Crippen LogP) is 6.34. The lowest BCUT2D eigenvalue weighted by Gasteiger charge is -2.41. The lowest BCUT2D eigenvalue weighted by Crippen LogP contribution is -2.63. The number of aromatic nitrogens is 1. The first-order valence-corrected chi connectivity index (χ1v) is 27.9. The van der Waals surface area contributed by atoms with E-state index in [9.17, 15) is 24.3 Å². The minimum Gasteiger partial charge on any atom is -0.508 e. The number of methoxy groups -OCH3 is 2. The van der Waals surface area contributed by atoms with Gasteiger partial charge in [-0.2, -0.15) is 0 Å². The largest absolute Gasteiger partial charge is 0.508 e. The first-order valence-electron chi connectivity index (χ1n) is 27.9. The summed E-state index contributed by atoms with van der Waals surface area (Å²) in [7, 11) is 4.67. The SMILES string of the molecule is C=C[C@@H](C)[C@@H](C(=O)N[C@H]1Cc2cc(O)cc(c2)-c2ccc3c(c2)c(c(C2=C([C@H](C)OC)N=CC(N4CCN(C(=O)OC)CC4)C2)n3CC)CC(C)(C)COC(=O)[C@H]2NN(CC3C[C@@H]32)C1=O)N(C)C(=O)[C@@H]1OC[C@@H]1c1ccccc1. The molecule has 420 valence electrons. The molecule has 79 heavy (non-hydrogen) atoms. The van der Waals surface area contributed by atoms with Crippen LogP contribution in [-0.4, -0.2) is 169 Å². The van der Waals surface area contributed by atoms with Gasteiger partial charge >= 0.3 is 12.1 Å². The number of nitrogens with one attached hydrogen (secondary N) is 2. The number of aliphatic imine (C=N–C) groups is 1. The zero-order chi connectivity index (χ0) is 56.0. The Morgan fingerprint density at radius 3 is 2.46 bits per heavy atom. The molecule has 4 fully saturated rings. The Bertz CT molecular complexity index is 3070. The zero-order valence-corrected chi connectivity index (χ0v) is 46.8. The molecule has 18 nitrogen and oxygen atoms in total. The summed E-state index contributed by atoms with van der Waals surface area (Å²) in [4.78, 5) is 81.9. The molecule has 2 unspecified atom stereocenters. The molecule has 10 rings (SSSR count). The Labute approximate surface area is 462 Å². The number of aryl methyl sites for hydroxylation is 1. The lowest BCUT2D eigenvalue weighted by molar-refractivity contribution is -0.164. The molecule has 18 heteroatoms. The molecule has 1 saturated carbocycles. The molecule has 3 saturated heterocycles. The quantitative estimate of drug-likeness (QED) is 0.105. The van der Waals surface area contributed by atoms with Gasteiger partial charge in [-0.15, -0.1) is 6.58 Å². The highest BCUT2D eigenvalue weighted by atomic mass is 16.5. The van der Waals surface area contributed by atoms with Gasteiger partial charge in [-0.25, -0.2) is 10.2 Å². The van der Waals surface area contributed by atoms with Crippen LogP contribution in [0.2, 0.25) is 0 Å². The molecule has 10 atom stereocenters. The van der Waals surface area contributed by atoms with Crippen LogP contribution in [0.15, 0.2) is 90.1 Å². The number of carbonyl (C=O) groups excluding carboxylic acids is 5. The summed E-state index contributed by atoms with van der Waals surface area (Å²) in [5.41, 5.74) is 10.7. The number of aromatic hydroxyl groups is 1. The Morgan fingerprint density at radius 1 is 1.01 bits per heavy atom. The van der Waals surface area contributed by atoms with Crippen LogP contribution in [0.4, 0.5) is 4.79 Å². The maximum Gasteiger partial charge on any atom is 0.409 e. The van der Waals surface area contributed by atoms with E-state index in [0.29, 0.717) is 69.8 Å². The molecule has 6 heterocycles. The molecule has 0 spiro atoms. The van der Waals surface area contributed by atoms with Gasteiger partial charge in [0.2, 0.25) is 5.91 Å². The predicted molar refractivity (Wildman–Crippen MR) is 300 cm³/mol. The van der Waals surface area contributed by atoms with Gasteiger partial charge in [0.1, 0.15) is 30.0 Å². The van der Waals surface area contributed by atoms with E-state index in [1.54, 1.807) is 44.2 Å². The number of nitrogens with zero attached hydrogens (tertiary/aromatic N) is 6. The van der Waals surface area contributed by atoms with Crippen LogP contribution in [-0.2, 0) is 57.5 Å². The molecular formula is C61H76N8O10. The summed E-state index contributed by atoms with van der Waals surface area (Å²) < 4.78 is 25.6. The van der Waals surface area contributed by atoms with Crippen LogP contribution in [0.5, 0.6) is 5.75 Å². The van der Waals surface area contributed by atoms with E-state index in [-0.39, 0.29) is 60.7 Å². The van der Waals surface area contributed by atoms with E-state index >= 15 is 4.79 Å². The van der Waals surface area contributed by atoms with E-state index in [0.717, 1.165) is 51.0 Å². The van der Waals surface area contributed by atoms with Crippen molar-refractivity contribution in [3.05, 3.63) is 107 Å². The number of carbonyl (C=O) groups is 5. The van der Waals surface area contributed by atoms with Gasteiger partial charge in [-0.3, -0.25) is 34.1 Å². The second-order valence-corrected chi connectivity index (χ2v) is 23.2. The number of benzene rings is 3. The molecule has 6 aliphatic rings. The topological polar surface area (TPSA) is 197 Å². The zero-order valence-electron chi connectivity index (χ0n) is 46.8. The van der Waals surface area contributed by atoms with Crippen molar-refractivity contribution in [1.29, 1.82) is 0 Å². The minimum absolute atomic E-state index is 0.0220. The summed E-state index contributed by atoms with van der Waals surface area (Å²) in [6, 6.07) is 18.1. The molecule has 3 aromatic carbocycles. The van der Waals surface area contributed by atoms with Crippen molar-refractivity contribution in [2.24, 2.45) is 28.2 Å². The van der Waals surface area contributed by atoms with Crippen molar-refractivity contribution in [3.8, 4) is 16.9 Å². The molecule has 1 aromatic heterocycles. The fraction of sp³-hybridized carbons (Fsp3) is 0.508. The molecular weight excluding hydrogens is 1000 g/mol. The number of hydrogen-bond acceptors (Lipinski definition) is 13. The summed E-state index contributed by atoms with van der Waals surface area (Å²) in [5, 5.41) is 17.1. The highest BCUT2D eigenvalue weighted by Gasteiger charge is 2.53. The van der Waals surface area contributed by atoms with Gasteiger partial charge in [-0.1, -0.05) is 69.3 Å². The summed E-state index contributed by atoms with van der Waals surface area (Å²) in [6.45, 7) is 17.9. The third kappa shape index (κ3) is 11.1. The number of ether oxygens (including phenoxy) is 4. The number of cyclic esters (lactones) is 1. The van der Waals surface area contributed by atoms with Crippen LogP contribution in [0.1, 0.15) is 75.8 Å². The molecule has 1 aliphatic carbocycles. The third-order valence-corrected chi connectivity index (χ3v) is 17.3. The van der Waals surface area contributed by atoms with Crippen LogP contribution in [0, 0.1) is 23.2 Å². The monoisotopic (exact) mass is 1080 g/mol. The minimum atomic E-state index is -1.20. The van der Waals surface area contributed by atoms with Crippen molar-refractivity contribution < 1.29 is 48.0 Å². The van der Waals surface area contributed by atoms with E-state index in [1.165, 1.54) is 17.0 Å². The number of piperazine rings is 1. The fourth-order valence-corrected chi connectivity index (χ4v) is 12.6. The van der Waals surface area contributed by atoms with Gasteiger partial charge in [-0.05, 0) is 97.0 Å². The van der Waals surface area contributed by atoms with Gasteiger partial charge in [0, 0.05) is 106 Å². The number of fused-ring (bicyclic) bond motifs is 8. The first kappa shape index (κ1) is 55.5. The summed E-state index contributed by atoms with van der Waals surface area (Å²) in [5.74, 6) is -2.61. The second-order valence-electron chi connectivity index (χ2n) is 23.2. The Kier molecular flexibility index (Phi) is 15.9. The van der Waals surface area contributed by atoms with Crippen LogP contribution >= 0.6 is 0 Å². The number of phenolic OH excluding ortho intramolecular Hbond substituents is 1. The summed E-state index contributed by atoms with van der Waals surface area (Å²) >= 11 is 0. The number of esters is 1. The molecule has 5 aliphatic heterocycles. The highest BCUT2D eigenvalue weighted by molar-refractivity contribution is 5.96. The van der Waals surface area contributed by atoms with Gasteiger partial charge in [0.25, 0.3) is 11.8 Å². The van der Waals surface area contributed by atoms with Gasteiger partial charge in [0.15, 0.2) is 0 Å². The van der Waals surface area contributed by atoms with E-state index < -0.39 is 53.3 Å². The first-order chi connectivity index (χ1) is 37.9. The van der Waals surface area contributed by atoms with Crippen LogP contribution in [0.25, 0.3) is 27.6 Å². The number of likely N-dealkylation sites (N-methyl/N-ethyl adjacent to an activating group) is 1. The molecule has 3 N–H and O–H groups in total. The number of amides is 4. The average Bonchev–Trinajstić information content (AvgIpc) is 4.40. The normalized spacial score (nSPS) is 26.2. The van der Waals surface area contributed by atoms with Crippen molar-refractivity contribution in [1.82, 2.24) is 35.0 Å². The van der Waals surface area contributed by atoms with Crippen LogP contribution < -0.4 is 10.7 Å².